The van der Waals surface area contributed by atoms with E-state index < -0.39 is 0 Å². The van der Waals surface area contributed by atoms with Crippen LogP contribution in [0.4, 0.5) is 5.69 Å². The molecule has 1 saturated carbocycles. The van der Waals surface area contributed by atoms with E-state index in [4.69, 9.17) is 4.74 Å². The molecule has 0 heterocycles. The molecule has 1 aliphatic rings. The summed E-state index contributed by atoms with van der Waals surface area (Å²) in [6, 6.07) is 34.9. The van der Waals surface area contributed by atoms with Crippen molar-refractivity contribution in [3.63, 3.8) is 0 Å². The van der Waals surface area contributed by atoms with Gasteiger partial charge in [-0.1, -0.05) is 72.8 Å². The maximum atomic E-state index is 6.06. The highest BCUT2D eigenvalue weighted by atomic mass is 16.5. The third kappa shape index (κ3) is 4.27. The van der Waals surface area contributed by atoms with Crippen LogP contribution in [0.15, 0.2) is 97.1 Å². The third-order valence-electron chi connectivity index (χ3n) is 5.55. The Morgan fingerprint density at radius 2 is 1.48 bits per heavy atom. The van der Waals surface area contributed by atoms with Crippen molar-refractivity contribution in [2.24, 2.45) is 0 Å². The Hall–Kier alpha value is -3.26. The summed E-state index contributed by atoms with van der Waals surface area (Å²) in [6.07, 6.45) is 2.53. The molecule has 1 aliphatic carbocycles. The van der Waals surface area contributed by atoms with Gasteiger partial charge in [-0.05, 0) is 52.9 Å². The average Bonchev–Trinajstić information content (AvgIpc) is 3.62. The number of hydrogen-bond acceptors (Lipinski definition) is 2. The van der Waals surface area contributed by atoms with Crippen LogP contribution in [0.5, 0.6) is 5.75 Å². The van der Waals surface area contributed by atoms with E-state index in [0.717, 1.165) is 12.3 Å². The molecular weight excluding hydrogens is 354 g/mol. The van der Waals surface area contributed by atoms with Crippen LogP contribution in [0, 0.1) is 0 Å². The Labute approximate surface area is 172 Å². The lowest BCUT2D eigenvalue weighted by Gasteiger charge is -2.25. The van der Waals surface area contributed by atoms with Gasteiger partial charge in [0, 0.05) is 24.3 Å². The minimum absolute atomic E-state index is 0.596. The van der Waals surface area contributed by atoms with Gasteiger partial charge >= 0.3 is 0 Å². The highest BCUT2D eigenvalue weighted by Crippen LogP contribution is 2.35. The van der Waals surface area contributed by atoms with Crippen molar-refractivity contribution in [3.8, 4) is 5.75 Å². The fraction of sp³-hybridized carbons (Fsp3) is 0.185. The second-order valence-corrected chi connectivity index (χ2v) is 7.81. The minimum atomic E-state index is 0.596. The molecule has 0 radical (unpaired) electrons. The number of anilines is 1. The van der Waals surface area contributed by atoms with Crippen molar-refractivity contribution < 1.29 is 4.74 Å². The van der Waals surface area contributed by atoms with Gasteiger partial charge in [-0.2, -0.15) is 0 Å². The largest absolute Gasteiger partial charge is 0.489 e. The highest BCUT2D eigenvalue weighted by Gasteiger charge is 2.29. The van der Waals surface area contributed by atoms with Gasteiger partial charge in [0.25, 0.3) is 0 Å². The molecule has 0 spiro atoms. The van der Waals surface area contributed by atoms with Gasteiger partial charge in [0.15, 0.2) is 0 Å². The van der Waals surface area contributed by atoms with Crippen LogP contribution in [0.3, 0.4) is 0 Å². The SMILES string of the molecule is c1ccc(COc2cccc(N(Cc3ccc4ccccc4c3)C3CC3)c2)cc1. The van der Waals surface area contributed by atoms with E-state index in [0.29, 0.717) is 12.6 Å². The molecule has 1 fully saturated rings. The predicted octanol–water partition coefficient (Wildman–Crippen LogP) is 6.59. The van der Waals surface area contributed by atoms with Crippen molar-refractivity contribution >= 4 is 16.5 Å². The zero-order valence-electron chi connectivity index (χ0n) is 16.5. The maximum Gasteiger partial charge on any atom is 0.121 e. The summed E-state index contributed by atoms with van der Waals surface area (Å²) in [5, 5.41) is 2.60. The van der Waals surface area contributed by atoms with Crippen molar-refractivity contribution in [3.05, 3.63) is 108 Å². The van der Waals surface area contributed by atoms with Gasteiger partial charge in [-0.25, -0.2) is 0 Å². The molecule has 2 heteroatoms. The van der Waals surface area contributed by atoms with E-state index in [-0.39, 0.29) is 0 Å². The summed E-state index contributed by atoms with van der Waals surface area (Å²) < 4.78 is 6.06. The molecule has 29 heavy (non-hydrogen) atoms. The van der Waals surface area contributed by atoms with Crippen LogP contribution in [0.1, 0.15) is 24.0 Å². The summed E-state index contributed by atoms with van der Waals surface area (Å²) in [4.78, 5) is 2.53. The van der Waals surface area contributed by atoms with Crippen molar-refractivity contribution in [1.29, 1.82) is 0 Å². The molecule has 2 nitrogen and oxygen atoms in total. The van der Waals surface area contributed by atoms with Gasteiger partial charge in [-0.15, -0.1) is 0 Å². The van der Waals surface area contributed by atoms with Crippen LogP contribution in [0.25, 0.3) is 10.8 Å². The fourth-order valence-electron chi connectivity index (χ4n) is 3.84. The van der Waals surface area contributed by atoms with Crippen molar-refractivity contribution in [1.82, 2.24) is 0 Å². The summed E-state index contributed by atoms with van der Waals surface area (Å²) in [5.74, 6) is 0.926. The lowest BCUT2D eigenvalue weighted by atomic mass is 10.1. The third-order valence-corrected chi connectivity index (χ3v) is 5.55. The molecule has 0 bridgehead atoms. The fourth-order valence-corrected chi connectivity index (χ4v) is 3.84. The number of nitrogens with zero attached hydrogens (tertiary/aromatic N) is 1. The molecule has 0 atom stereocenters. The van der Waals surface area contributed by atoms with Crippen molar-refractivity contribution in [2.45, 2.75) is 32.0 Å². The molecule has 4 aromatic carbocycles. The standard InChI is InChI=1S/C27H25NO/c1-2-7-21(8-3-1)20-29-27-12-6-11-26(18-27)28(25-15-16-25)19-22-13-14-23-9-4-5-10-24(23)17-22/h1-14,17-18,25H,15-16,19-20H2. The lowest BCUT2D eigenvalue weighted by molar-refractivity contribution is 0.306. The first-order valence-electron chi connectivity index (χ1n) is 10.4. The van der Waals surface area contributed by atoms with Crippen LogP contribution in [-0.2, 0) is 13.2 Å². The highest BCUT2D eigenvalue weighted by molar-refractivity contribution is 5.83. The first kappa shape index (κ1) is 17.8. The molecule has 0 saturated heterocycles. The van der Waals surface area contributed by atoms with Gasteiger partial charge in [-0.3, -0.25) is 0 Å². The number of benzene rings is 4. The van der Waals surface area contributed by atoms with Gasteiger partial charge < -0.3 is 9.64 Å². The quantitative estimate of drug-likeness (QED) is 0.359. The lowest BCUT2D eigenvalue weighted by Crippen LogP contribution is -2.24. The number of fused-ring (bicyclic) bond motifs is 1. The van der Waals surface area contributed by atoms with E-state index in [2.05, 4.69) is 77.7 Å². The molecule has 5 rings (SSSR count). The molecule has 0 N–H and O–H groups in total. The molecule has 0 amide bonds. The summed E-state index contributed by atoms with van der Waals surface area (Å²) in [6.45, 7) is 1.52. The minimum Gasteiger partial charge on any atom is -0.489 e. The van der Waals surface area contributed by atoms with E-state index >= 15 is 0 Å². The average molecular weight is 380 g/mol. The molecule has 0 aliphatic heterocycles. The maximum absolute atomic E-state index is 6.06. The number of ether oxygens (including phenoxy) is 1. The zero-order chi connectivity index (χ0) is 19.5. The number of hydrogen-bond donors (Lipinski definition) is 0. The first-order valence-corrected chi connectivity index (χ1v) is 10.4. The predicted molar refractivity (Wildman–Crippen MR) is 120 cm³/mol. The Balaban J connectivity index is 1.35. The van der Waals surface area contributed by atoms with Crippen molar-refractivity contribution in [2.75, 3.05) is 4.90 Å². The molecular formula is C27H25NO. The number of rotatable bonds is 7. The van der Waals surface area contributed by atoms with E-state index in [1.165, 1.54) is 40.4 Å². The Bertz CT molecular complexity index is 1100. The van der Waals surface area contributed by atoms with Gasteiger partial charge in [0.1, 0.15) is 12.4 Å². The topological polar surface area (TPSA) is 12.5 Å². The second-order valence-electron chi connectivity index (χ2n) is 7.81. The second kappa shape index (κ2) is 8.00. The van der Waals surface area contributed by atoms with E-state index in [1.807, 2.05) is 24.3 Å². The van der Waals surface area contributed by atoms with Crippen LogP contribution < -0.4 is 9.64 Å². The first-order chi connectivity index (χ1) is 14.3. The monoisotopic (exact) mass is 379 g/mol. The van der Waals surface area contributed by atoms with Gasteiger partial charge in [0.05, 0.1) is 0 Å². The zero-order valence-corrected chi connectivity index (χ0v) is 16.5. The molecule has 4 aromatic rings. The molecule has 0 unspecified atom stereocenters. The molecule has 144 valence electrons. The molecule has 0 aromatic heterocycles. The van der Waals surface area contributed by atoms with E-state index in [9.17, 15) is 0 Å². The normalized spacial score (nSPS) is 13.4. The summed E-state index contributed by atoms with van der Waals surface area (Å²) in [7, 11) is 0. The van der Waals surface area contributed by atoms with E-state index in [1.54, 1.807) is 0 Å². The Morgan fingerprint density at radius 1 is 0.690 bits per heavy atom. The summed E-state index contributed by atoms with van der Waals surface area (Å²) >= 11 is 0. The smallest absolute Gasteiger partial charge is 0.121 e. The Kier molecular flexibility index (Phi) is 4.92. The van der Waals surface area contributed by atoms with Gasteiger partial charge in [0.2, 0.25) is 0 Å². The van der Waals surface area contributed by atoms with Crippen LogP contribution in [0.2, 0.25) is 0 Å². The Morgan fingerprint density at radius 3 is 2.31 bits per heavy atom. The van der Waals surface area contributed by atoms with Crippen LogP contribution in [-0.4, -0.2) is 6.04 Å². The summed E-state index contributed by atoms with van der Waals surface area (Å²) in [5.41, 5.74) is 3.78. The van der Waals surface area contributed by atoms with Crippen LogP contribution >= 0.6 is 0 Å².